The van der Waals surface area contributed by atoms with Crippen LogP contribution in [0.2, 0.25) is 0 Å². The first kappa shape index (κ1) is 20.4. The molecule has 1 aromatic rings. The molecule has 0 bridgehead atoms. The van der Waals surface area contributed by atoms with E-state index in [-0.39, 0.29) is 30.3 Å². The lowest BCUT2D eigenvalue weighted by atomic mass is 9.95. The Kier molecular flexibility index (Phi) is 8.12. The summed E-state index contributed by atoms with van der Waals surface area (Å²) < 4.78 is 0. The predicted octanol–water partition coefficient (Wildman–Crippen LogP) is 1.78. The fourth-order valence-corrected chi connectivity index (χ4v) is 1.66. The molecule has 0 aliphatic carbocycles. The molecule has 0 aliphatic rings. The molecule has 2 atom stereocenters. The number of hydrogen-bond acceptors (Lipinski definition) is 3. The van der Waals surface area contributed by atoms with Crippen molar-refractivity contribution in [3.8, 4) is 0 Å². The zero-order valence-corrected chi connectivity index (χ0v) is 14.4. The molecule has 0 aromatic heterocycles. The Morgan fingerprint density at radius 1 is 1.18 bits per heavy atom. The molecule has 2 amide bonds. The van der Waals surface area contributed by atoms with Gasteiger partial charge in [0.15, 0.2) is 0 Å². The fourth-order valence-electron chi connectivity index (χ4n) is 1.66. The third-order valence-electron chi connectivity index (χ3n) is 3.15. The Morgan fingerprint density at radius 3 is 2.23 bits per heavy atom. The maximum Gasteiger partial charge on any atom is 0.242 e. The Morgan fingerprint density at radius 2 is 1.73 bits per heavy atom. The van der Waals surface area contributed by atoms with Gasteiger partial charge >= 0.3 is 0 Å². The number of hydrogen-bond donors (Lipinski definition) is 3. The molecular weight excluding hydrogens is 302 g/mol. The average Bonchev–Trinajstić information content (AvgIpc) is 2.44. The highest BCUT2D eigenvalue weighted by Crippen LogP contribution is 2.13. The topological polar surface area (TPSA) is 84.2 Å². The Balaban J connectivity index is 0.00000441. The maximum absolute atomic E-state index is 12.0. The normalized spacial score (nSPS) is 13.5. The van der Waals surface area contributed by atoms with Crippen LogP contribution < -0.4 is 16.4 Å². The minimum Gasteiger partial charge on any atom is -0.352 e. The summed E-state index contributed by atoms with van der Waals surface area (Å²) in [4.78, 5) is 23.8. The molecule has 0 radical (unpaired) electrons. The quantitative estimate of drug-likeness (QED) is 0.770. The summed E-state index contributed by atoms with van der Waals surface area (Å²) in [6.07, 6.45) is 0. The molecule has 1 aromatic carbocycles. The Bertz CT molecular complexity index is 486. The van der Waals surface area contributed by atoms with Crippen molar-refractivity contribution in [3.05, 3.63) is 35.9 Å². The van der Waals surface area contributed by atoms with Crippen molar-refractivity contribution in [1.29, 1.82) is 0 Å². The number of nitrogens with two attached hydrogens (primary N) is 1. The molecule has 6 heteroatoms. The van der Waals surface area contributed by atoms with Crippen LogP contribution in [0.1, 0.15) is 39.3 Å². The van der Waals surface area contributed by atoms with Gasteiger partial charge in [-0.1, -0.05) is 51.1 Å². The van der Waals surface area contributed by atoms with E-state index in [0.29, 0.717) is 6.54 Å². The highest BCUT2D eigenvalue weighted by molar-refractivity contribution is 5.89. The SMILES string of the molecule is CC(NC(=O)C(C)(C)C)C(=O)NCC(N)c1ccccc1.Cl. The standard InChI is InChI=1S/C16H25N3O2.ClH/c1-11(19-15(21)16(2,3)4)14(20)18-10-13(17)12-8-6-5-7-9-12;/h5-9,11,13H,10,17H2,1-4H3,(H,18,20)(H,19,21);1H. The van der Waals surface area contributed by atoms with E-state index in [1.54, 1.807) is 27.7 Å². The van der Waals surface area contributed by atoms with Crippen LogP contribution in [0.3, 0.4) is 0 Å². The lowest BCUT2D eigenvalue weighted by molar-refractivity contribution is -0.133. The van der Waals surface area contributed by atoms with Gasteiger partial charge in [-0.3, -0.25) is 9.59 Å². The van der Waals surface area contributed by atoms with E-state index in [1.807, 2.05) is 30.3 Å². The summed E-state index contributed by atoms with van der Waals surface area (Å²) in [5, 5.41) is 5.45. The van der Waals surface area contributed by atoms with Crippen LogP contribution in [-0.2, 0) is 9.59 Å². The van der Waals surface area contributed by atoms with Gasteiger partial charge in [0.2, 0.25) is 11.8 Å². The largest absolute Gasteiger partial charge is 0.352 e. The first-order valence-electron chi connectivity index (χ1n) is 7.11. The lowest BCUT2D eigenvalue weighted by Crippen LogP contribution is -2.49. The zero-order chi connectivity index (χ0) is 16.0. The van der Waals surface area contributed by atoms with E-state index in [9.17, 15) is 9.59 Å². The minimum absolute atomic E-state index is 0. The molecule has 22 heavy (non-hydrogen) atoms. The molecule has 0 spiro atoms. The second-order valence-corrected chi connectivity index (χ2v) is 6.21. The third kappa shape index (κ3) is 6.45. The summed E-state index contributed by atoms with van der Waals surface area (Å²) in [7, 11) is 0. The average molecular weight is 328 g/mol. The predicted molar refractivity (Wildman–Crippen MR) is 90.7 cm³/mol. The summed E-state index contributed by atoms with van der Waals surface area (Å²) in [6.45, 7) is 7.40. The van der Waals surface area contributed by atoms with Crippen molar-refractivity contribution in [2.45, 2.75) is 39.8 Å². The number of carbonyl (C=O) groups is 2. The number of carbonyl (C=O) groups excluding carboxylic acids is 2. The molecule has 0 fully saturated rings. The summed E-state index contributed by atoms with van der Waals surface area (Å²) in [6, 6.07) is 8.72. The molecule has 124 valence electrons. The number of nitrogens with one attached hydrogen (secondary N) is 2. The summed E-state index contributed by atoms with van der Waals surface area (Å²) in [5.74, 6) is -0.392. The van der Waals surface area contributed by atoms with E-state index in [4.69, 9.17) is 5.73 Å². The monoisotopic (exact) mass is 327 g/mol. The third-order valence-corrected chi connectivity index (χ3v) is 3.15. The van der Waals surface area contributed by atoms with Gasteiger partial charge in [0.05, 0.1) is 0 Å². The number of rotatable bonds is 5. The van der Waals surface area contributed by atoms with E-state index in [1.165, 1.54) is 0 Å². The molecule has 0 saturated heterocycles. The molecular formula is C16H26ClN3O2. The second kappa shape index (κ2) is 8.76. The Hall–Kier alpha value is -1.59. The minimum atomic E-state index is -0.584. The van der Waals surface area contributed by atoms with Crippen LogP contribution in [-0.4, -0.2) is 24.4 Å². The van der Waals surface area contributed by atoms with Gasteiger partial charge in [-0.15, -0.1) is 12.4 Å². The molecule has 0 aliphatic heterocycles. The highest BCUT2D eigenvalue weighted by Gasteiger charge is 2.25. The van der Waals surface area contributed by atoms with Crippen molar-refractivity contribution < 1.29 is 9.59 Å². The Labute approximate surface area is 138 Å². The number of amides is 2. The van der Waals surface area contributed by atoms with Gasteiger partial charge in [0.1, 0.15) is 6.04 Å². The summed E-state index contributed by atoms with van der Waals surface area (Å²) in [5.41, 5.74) is 6.46. The van der Waals surface area contributed by atoms with Crippen molar-refractivity contribution in [2.24, 2.45) is 11.1 Å². The maximum atomic E-state index is 12.0. The van der Waals surface area contributed by atoms with Crippen LogP contribution >= 0.6 is 12.4 Å². The van der Waals surface area contributed by atoms with E-state index in [2.05, 4.69) is 10.6 Å². The van der Waals surface area contributed by atoms with Crippen LogP contribution in [0.4, 0.5) is 0 Å². The highest BCUT2D eigenvalue weighted by atomic mass is 35.5. The zero-order valence-electron chi connectivity index (χ0n) is 13.6. The van der Waals surface area contributed by atoms with Crippen molar-refractivity contribution >= 4 is 24.2 Å². The molecule has 1 rings (SSSR count). The summed E-state index contributed by atoms with van der Waals surface area (Å²) >= 11 is 0. The second-order valence-electron chi connectivity index (χ2n) is 6.21. The van der Waals surface area contributed by atoms with Crippen LogP contribution in [0.25, 0.3) is 0 Å². The molecule has 0 saturated carbocycles. The fraction of sp³-hybridized carbons (Fsp3) is 0.500. The van der Waals surface area contributed by atoms with E-state index < -0.39 is 11.5 Å². The van der Waals surface area contributed by atoms with Gasteiger partial charge in [-0.2, -0.15) is 0 Å². The van der Waals surface area contributed by atoms with E-state index >= 15 is 0 Å². The van der Waals surface area contributed by atoms with Gasteiger partial charge in [-0.05, 0) is 12.5 Å². The first-order valence-corrected chi connectivity index (χ1v) is 7.11. The van der Waals surface area contributed by atoms with Crippen molar-refractivity contribution in [3.63, 3.8) is 0 Å². The molecule has 5 nitrogen and oxygen atoms in total. The van der Waals surface area contributed by atoms with E-state index in [0.717, 1.165) is 5.56 Å². The van der Waals surface area contributed by atoms with Crippen LogP contribution in [0, 0.1) is 5.41 Å². The van der Waals surface area contributed by atoms with Crippen LogP contribution in [0.5, 0.6) is 0 Å². The van der Waals surface area contributed by atoms with Gasteiger partial charge < -0.3 is 16.4 Å². The molecule has 0 heterocycles. The lowest BCUT2D eigenvalue weighted by Gasteiger charge is -2.22. The van der Waals surface area contributed by atoms with Gasteiger partial charge in [0.25, 0.3) is 0 Å². The van der Waals surface area contributed by atoms with Crippen LogP contribution in [0.15, 0.2) is 30.3 Å². The van der Waals surface area contributed by atoms with Gasteiger partial charge in [0, 0.05) is 18.0 Å². The van der Waals surface area contributed by atoms with Crippen molar-refractivity contribution in [2.75, 3.05) is 6.54 Å². The number of halogens is 1. The smallest absolute Gasteiger partial charge is 0.242 e. The van der Waals surface area contributed by atoms with Crippen molar-refractivity contribution in [1.82, 2.24) is 10.6 Å². The molecule has 4 N–H and O–H groups in total. The molecule has 2 unspecified atom stereocenters. The van der Waals surface area contributed by atoms with Gasteiger partial charge in [-0.25, -0.2) is 0 Å². The first-order chi connectivity index (χ1) is 9.71. The number of benzene rings is 1.